The van der Waals surface area contributed by atoms with Gasteiger partial charge in [-0.25, -0.2) is 0 Å². The minimum atomic E-state index is 0.689. The molecule has 0 aliphatic rings. The summed E-state index contributed by atoms with van der Waals surface area (Å²) < 4.78 is 1.90. The normalized spacial score (nSPS) is 9.88. The Morgan fingerprint density at radius 2 is 2.12 bits per heavy atom. The Bertz CT molecular complexity index is 493. The van der Waals surface area contributed by atoms with Crippen molar-refractivity contribution in [1.29, 1.82) is 5.26 Å². The molecule has 0 spiro atoms. The lowest BCUT2D eigenvalue weighted by atomic mass is 10.2. The number of likely N-dealkylation sites (N-methyl/N-ethyl adjacent to an activating group) is 1. The molecule has 0 bridgehead atoms. The molecule has 86 valence electrons. The molecule has 4 heteroatoms. The van der Waals surface area contributed by atoms with Crippen molar-refractivity contribution in [2.45, 2.75) is 6.54 Å². The topological polar surface area (TPSA) is 44.9 Å². The minimum Gasteiger partial charge on any atom is -0.373 e. The molecule has 0 saturated heterocycles. The molecule has 2 aromatic rings. The fraction of sp³-hybridized carbons (Fsp3) is 0.231. The van der Waals surface area contributed by atoms with Gasteiger partial charge in [0.2, 0.25) is 0 Å². The molecule has 0 fully saturated rings. The van der Waals surface area contributed by atoms with Crippen LogP contribution in [0.1, 0.15) is 5.56 Å². The zero-order valence-electron chi connectivity index (χ0n) is 9.74. The maximum absolute atomic E-state index is 8.72. The maximum atomic E-state index is 8.72. The summed E-state index contributed by atoms with van der Waals surface area (Å²) in [6, 6.07) is 11.6. The van der Waals surface area contributed by atoms with Gasteiger partial charge in [0.1, 0.15) is 0 Å². The summed E-state index contributed by atoms with van der Waals surface area (Å²) in [4.78, 5) is 2.14. The summed E-state index contributed by atoms with van der Waals surface area (Å²) in [6.45, 7) is 1.73. The van der Waals surface area contributed by atoms with Crippen molar-refractivity contribution in [3.05, 3.63) is 48.3 Å². The van der Waals surface area contributed by atoms with Gasteiger partial charge in [-0.05, 0) is 30.3 Å². The number of nitrogens with zero attached hydrogens (tertiary/aromatic N) is 4. The zero-order valence-corrected chi connectivity index (χ0v) is 9.74. The average molecular weight is 226 g/mol. The molecule has 0 atom stereocenters. The van der Waals surface area contributed by atoms with Crippen molar-refractivity contribution in [2.75, 3.05) is 18.5 Å². The van der Waals surface area contributed by atoms with Crippen molar-refractivity contribution in [2.24, 2.45) is 0 Å². The molecule has 17 heavy (non-hydrogen) atoms. The van der Waals surface area contributed by atoms with Crippen LogP contribution in [0.4, 0.5) is 5.69 Å². The molecule has 0 aliphatic heterocycles. The molecular weight excluding hydrogens is 212 g/mol. The first kappa shape index (κ1) is 11.2. The quantitative estimate of drug-likeness (QED) is 0.799. The lowest BCUT2D eigenvalue weighted by Gasteiger charge is -2.19. The van der Waals surface area contributed by atoms with E-state index in [-0.39, 0.29) is 0 Å². The highest BCUT2D eigenvalue weighted by molar-refractivity contribution is 5.48. The molecule has 0 aliphatic carbocycles. The third-order valence-electron chi connectivity index (χ3n) is 2.66. The number of hydrogen-bond acceptors (Lipinski definition) is 3. The Labute approximate surface area is 101 Å². The third kappa shape index (κ3) is 2.85. The van der Waals surface area contributed by atoms with E-state index < -0.39 is 0 Å². The van der Waals surface area contributed by atoms with Crippen LogP contribution in [0.25, 0.3) is 0 Å². The Morgan fingerprint density at radius 3 is 2.71 bits per heavy atom. The van der Waals surface area contributed by atoms with Gasteiger partial charge in [0, 0.05) is 31.7 Å². The van der Waals surface area contributed by atoms with Gasteiger partial charge in [0.15, 0.2) is 0 Å². The molecule has 4 nitrogen and oxygen atoms in total. The molecule has 0 radical (unpaired) electrons. The summed E-state index contributed by atoms with van der Waals surface area (Å²) in [5.74, 6) is 0. The molecule has 2 rings (SSSR count). The SMILES string of the molecule is CN(CCn1cccn1)c1ccc(C#N)cc1. The van der Waals surface area contributed by atoms with E-state index in [0.717, 1.165) is 18.8 Å². The van der Waals surface area contributed by atoms with Crippen molar-refractivity contribution < 1.29 is 0 Å². The number of hydrogen-bond donors (Lipinski definition) is 0. The minimum absolute atomic E-state index is 0.689. The second-order valence-electron chi connectivity index (χ2n) is 3.85. The van der Waals surface area contributed by atoms with Gasteiger partial charge in [0.05, 0.1) is 18.2 Å². The first-order valence-electron chi connectivity index (χ1n) is 5.48. The number of nitriles is 1. The van der Waals surface area contributed by atoms with E-state index in [9.17, 15) is 0 Å². The lowest BCUT2D eigenvalue weighted by Crippen LogP contribution is -2.22. The molecule has 0 unspecified atom stereocenters. The summed E-state index contributed by atoms with van der Waals surface area (Å²) >= 11 is 0. The van der Waals surface area contributed by atoms with Crippen LogP contribution in [0.2, 0.25) is 0 Å². The monoisotopic (exact) mass is 226 g/mol. The van der Waals surface area contributed by atoms with Crippen molar-refractivity contribution >= 4 is 5.69 Å². The van der Waals surface area contributed by atoms with Crippen LogP contribution in [0.5, 0.6) is 0 Å². The molecule has 0 amide bonds. The van der Waals surface area contributed by atoms with Crippen molar-refractivity contribution in [3.8, 4) is 6.07 Å². The lowest BCUT2D eigenvalue weighted by molar-refractivity contribution is 0.611. The van der Waals surface area contributed by atoms with Crippen LogP contribution in [0.3, 0.4) is 0 Å². The number of aromatic nitrogens is 2. The molecule has 1 aromatic carbocycles. The van der Waals surface area contributed by atoms with Crippen molar-refractivity contribution in [1.82, 2.24) is 9.78 Å². The standard InChI is InChI=1S/C13H14N4/c1-16(9-10-17-8-2-7-15-17)13-5-3-12(11-14)4-6-13/h2-8H,9-10H2,1H3. The first-order valence-corrected chi connectivity index (χ1v) is 5.48. The third-order valence-corrected chi connectivity index (χ3v) is 2.66. The van der Waals surface area contributed by atoms with Crippen LogP contribution in [-0.4, -0.2) is 23.4 Å². The summed E-state index contributed by atoms with van der Waals surface area (Å²) in [5, 5.41) is 12.9. The number of rotatable bonds is 4. The Kier molecular flexibility index (Phi) is 3.41. The van der Waals surface area contributed by atoms with Gasteiger partial charge >= 0.3 is 0 Å². The summed E-state index contributed by atoms with van der Waals surface area (Å²) in [6.07, 6.45) is 3.73. The van der Waals surface area contributed by atoms with Crippen LogP contribution in [0.15, 0.2) is 42.7 Å². The van der Waals surface area contributed by atoms with Gasteiger partial charge < -0.3 is 4.90 Å². The maximum Gasteiger partial charge on any atom is 0.0991 e. The molecule has 0 saturated carbocycles. The highest BCUT2D eigenvalue weighted by atomic mass is 15.3. The van der Waals surface area contributed by atoms with Gasteiger partial charge in [-0.15, -0.1) is 0 Å². The van der Waals surface area contributed by atoms with Gasteiger partial charge in [-0.1, -0.05) is 0 Å². The highest BCUT2D eigenvalue weighted by Gasteiger charge is 2.01. The summed E-state index contributed by atoms with van der Waals surface area (Å²) in [7, 11) is 2.03. The second kappa shape index (κ2) is 5.17. The molecule has 1 heterocycles. The second-order valence-corrected chi connectivity index (χ2v) is 3.85. The van der Waals surface area contributed by atoms with E-state index in [2.05, 4.69) is 16.1 Å². The van der Waals surface area contributed by atoms with Crippen LogP contribution in [0, 0.1) is 11.3 Å². The van der Waals surface area contributed by atoms with Gasteiger partial charge in [0.25, 0.3) is 0 Å². The van der Waals surface area contributed by atoms with E-state index in [1.807, 2.05) is 48.3 Å². The van der Waals surface area contributed by atoms with Crippen molar-refractivity contribution in [3.63, 3.8) is 0 Å². The first-order chi connectivity index (χ1) is 8.29. The van der Waals surface area contributed by atoms with E-state index in [4.69, 9.17) is 5.26 Å². The number of benzene rings is 1. The van der Waals surface area contributed by atoms with Crippen LogP contribution >= 0.6 is 0 Å². The molecular formula is C13H14N4. The van der Waals surface area contributed by atoms with Crippen LogP contribution < -0.4 is 4.90 Å². The van der Waals surface area contributed by atoms with Gasteiger partial charge in [-0.2, -0.15) is 10.4 Å². The van der Waals surface area contributed by atoms with E-state index in [1.165, 1.54) is 0 Å². The Balaban J connectivity index is 1.95. The predicted molar refractivity (Wildman–Crippen MR) is 66.7 cm³/mol. The Morgan fingerprint density at radius 1 is 1.35 bits per heavy atom. The molecule has 1 aromatic heterocycles. The fourth-order valence-electron chi connectivity index (χ4n) is 1.60. The highest BCUT2D eigenvalue weighted by Crippen LogP contribution is 2.13. The van der Waals surface area contributed by atoms with Gasteiger partial charge in [-0.3, -0.25) is 4.68 Å². The Hall–Kier alpha value is -2.28. The van der Waals surface area contributed by atoms with Crippen LogP contribution in [-0.2, 0) is 6.54 Å². The molecule has 0 N–H and O–H groups in total. The van der Waals surface area contributed by atoms with E-state index >= 15 is 0 Å². The zero-order chi connectivity index (χ0) is 12.1. The number of anilines is 1. The van der Waals surface area contributed by atoms with E-state index in [1.54, 1.807) is 6.20 Å². The fourth-order valence-corrected chi connectivity index (χ4v) is 1.60. The smallest absolute Gasteiger partial charge is 0.0991 e. The predicted octanol–water partition coefficient (Wildman–Crippen LogP) is 1.89. The van der Waals surface area contributed by atoms with E-state index in [0.29, 0.717) is 5.56 Å². The summed E-state index contributed by atoms with van der Waals surface area (Å²) in [5.41, 5.74) is 1.80. The largest absolute Gasteiger partial charge is 0.373 e. The average Bonchev–Trinajstić information content (AvgIpc) is 2.89.